The molecule has 1 unspecified atom stereocenters. The highest BCUT2D eigenvalue weighted by atomic mass is 32.1. The van der Waals surface area contributed by atoms with E-state index >= 15 is 0 Å². The molecular weight excluding hydrogens is 146 g/mol. The Morgan fingerprint density at radius 2 is 2.00 bits per heavy atom. The molecule has 0 aromatic carbocycles. The monoisotopic (exact) mass is 161 g/mol. The van der Waals surface area contributed by atoms with Crippen LogP contribution in [0.1, 0.15) is 27.2 Å². The fraction of sp³-hybridized carbons (Fsp3) is 0.857. The molecule has 0 saturated carbocycles. The number of hydrogen-bond donors (Lipinski definition) is 2. The number of nitrogens with two attached hydrogens (primary N) is 1. The summed E-state index contributed by atoms with van der Waals surface area (Å²) in [4.78, 5) is 10.6. The first kappa shape index (κ1) is 9.98. The van der Waals surface area contributed by atoms with Gasteiger partial charge in [0.15, 0.2) is 0 Å². The van der Waals surface area contributed by atoms with E-state index in [1.807, 2.05) is 20.8 Å². The Kier molecular flexibility index (Phi) is 3.39. The molecule has 10 heavy (non-hydrogen) atoms. The summed E-state index contributed by atoms with van der Waals surface area (Å²) >= 11 is 3.64. The summed E-state index contributed by atoms with van der Waals surface area (Å²) in [7, 11) is 0. The van der Waals surface area contributed by atoms with Gasteiger partial charge in [-0.05, 0) is 11.8 Å². The van der Waals surface area contributed by atoms with Gasteiger partial charge in [0.25, 0.3) is 0 Å². The second-order valence-corrected chi connectivity index (χ2v) is 4.15. The Morgan fingerprint density at radius 1 is 1.60 bits per heavy atom. The van der Waals surface area contributed by atoms with Gasteiger partial charge in [0, 0.05) is 0 Å². The summed E-state index contributed by atoms with van der Waals surface area (Å²) in [6.45, 7) is 6.14. The molecule has 0 aliphatic rings. The SMILES string of the molecule is CC(C)(C)CC(N)C(=O)S. The van der Waals surface area contributed by atoms with Crippen LogP contribution < -0.4 is 5.73 Å². The molecule has 3 heteroatoms. The highest BCUT2D eigenvalue weighted by molar-refractivity contribution is 7.96. The Labute approximate surface area is 67.6 Å². The van der Waals surface area contributed by atoms with Gasteiger partial charge < -0.3 is 5.73 Å². The number of rotatable bonds is 2. The van der Waals surface area contributed by atoms with E-state index < -0.39 is 6.04 Å². The van der Waals surface area contributed by atoms with E-state index in [-0.39, 0.29) is 10.5 Å². The van der Waals surface area contributed by atoms with Crippen molar-refractivity contribution in [1.29, 1.82) is 0 Å². The topological polar surface area (TPSA) is 43.1 Å². The highest BCUT2D eigenvalue weighted by Gasteiger charge is 2.18. The van der Waals surface area contributed by atoms with E-state index in [1.54, 1.807) is 0 Å². The molecule has 60 valence electrons. The summed E-state index contributed by atoms with van der Waals surface area (Å²) in [5, 5.41) is -0.227. The fourth-order valence-electron chi connectivity index (χ4n) is 0.747. The lowest BCUT2D eigenvalue weighted by molar-refractivity contribution is -0.112. The predicted molar refractivity (Wildman–Crippen MR) is 46.0 cm³/mol. The van der Waals surface area contributed by atoms with Crippen LogP contribution in [0.2, 0.25) is 0 Å². The van der Waals surface area contributed by atoms with Crippen molar-refractivity contribution in [2.24, 2.45) is 11.1 Å². The summed E-state index contributed by atoms with van der Waals surface area (Å²) < 4.78 is 0. The van der Waals surface area contributed by atoms with E-state index in [2.05, 4.69) is 12.6 Å². The van der Waals surface area contributed by atoms with Crippen LogP contribution in [-0.2, 0) is 4.79 Å². The van der Waals surface area contributed by atoms with Gasteiger partial charge in [-0.15, -0.1) is 12.6 Å². The summed E-state index contributed by atoms with van der Waals surface area (Å²) in [6.07, 6.45) is 0.690. The maximum atomic E-state index is 10.6. The van der Waals surface area contributed by atoms with Crippen molar-refractivity contribution in [3.05, 3.63) is 0 Å². The molecule has 0 aromatic rings. The summed E-state index contributed by atoms with van der Waals surface area (Å²) in [6, 6.07) is -0.414. The van der Waals surface area contributed by atoms with Gasteiger partial charge in [-0.1, -0.05) is 20.8 Å². The van der Waals surface area contributed by atoms with Crippen molar-refractivity contribution in [2.75, 3.05) is 0 Å². The van der Waals surface area contributed by atoms with Crippen molar-refractivity contribution in [2.45, 2.75) is 33.2 Å². The van der Waals surface area contributed by atoms with Crippen LogP contribution in [0.4, 0.5) is 0 Å². The minimum atomic E-state index is -0.414. The van der Waals surface area contributed by atoms with Crippen LogP contribution in [-0.4, -0.2) is 11.2 Å². The third kappa shape index (κ3) is 4.82. The molecule has 0 amide bonds. The smallest absolute Gasteiger partial charge is 0.202 e. The van der Waals surface area contributed by atoms with Crippen LogP contribution >= 0.6 is 12.6 Å². The Balaban J connectivity index is 3.80. The molecule has 2 nitrogen and oxygen atoms in total. The molecule has 0 spiro atoms. The van der Waals surface area contributed by atoms with Crippen LogP contribution in [0, 0.1) is 5.41 Å². The first-order valence-electron chi connectivity index (χ1n) is 3.31. The molecule has 0 fully saturated rings. The average Bonchev–Trinajstić information content (AvgIpc) is 1.60. The number of carbonyl (C=O) groups excluding carboxylic acids is 1. The lowest BCUT2D eigenvalue weighted by Crippen LogP contribution is -2.31. The standard InChI is InChI=1S/C7H15NOS/c1-7(2,3)4-5(8)6(9)10/h5H,4,8H2,1-3H3,(H,9,10). The van der Waals surface area contributed by atoms with Gasteiger partial charge in [-0.3, -0.25) is 4.79 Å². The highest BCUT2D eigenvalue weighted by Crippen LogP contribution is 2.20. The Morgan fingerprint density at radius 3 is 2.10 bits per heavy atom. The molecule has 2 N–H and O–H groups in total. The van der Waals surface area contributed by atoms with Crippen LogP contribution in [0.3, 0.4) is 0 Å². The van der Waals surface area contributed by atoms with Gasteiger partial charge in [0.2, 0.25) is 5.12 Å². The predicted octanol–water partition coefficient (Wildman–Crippen LogP) is 1.21. The quantitative estimate of drug-likeness (QED) is 0.598. The molecule has 0 rings (SSSR count). The van der Waals surface area contributed by atoms with Gasteiger partial charge in [0.05, 0.1) is 6.04 Å². The molecular formula is C7H15NOS. The Bertz CT molecular complexity index is 128. The fourth-order valence-corrected chi connectivity index (χ4v) is 0.838. The molecule has 0 aromatic heterocycles. The van der Waals surface area contributed by atoms with Crippen molar-refractivity contribution in [1.82, 2.24) is 0 Å². The van der Waals surface area contributed by atoms with Crippen molar-refractivity contribution >= 4 is 17.7 Å². The second kappa shape index (κ2) is 3.39. The van der Waals surface area contributed by atoms with Crippen LogP contribution in [0.25, 0.3) is 0 Å². The van der Waals surface area contributed by atoms with Crippen LogP contribution in [0.5, 0.6) is 0 Å². The zero-order valence-corrected chi connectivity index (χ0v) is 7.61. The molecule has 0 bridgehead atoms. The molecule has 1 atom stereocenters. The van der Waals surface area contributed by atoms with Gasteiger partial charge >= 0.3 is 0 Å². The third-order valence-corrected chi connectivity index (χ3v) is 1.48. The first-order valence-corrected chi connectivity index (χ1v) is 3.76. The first-order chi connectivity index (χ1) is 4.33. The molecule has 0 heterocycles. The number of carbonyl (C=O) groups is 1. The van der Waals surface area contributed by atoms with E-state index in [4.69, 9.17) is 5.73 Å². The number of thiol groups is 1. The summed E-state index contributed by atoms with van der Waals surface area (Å²) in [5.41, 5.74) is 5.59. The van der Waals surface area contributed by atoms with E-state index in [0.29, 0.717) is 6.42 Å². The van der Waals surface area contributed by atoms with Crippen molar-refractivity contribution < 1.29 is 4.79 Å². The van der Waals surface area contributed by atoms with E-state index in [9.17, 15) is 4.79 Å². The van der Waals surface area contributed by atoms with Gasteiger partial charge in [-0.25, -0.2) is 0 Å². The normalized spacial score (nSPS) is 14.9. The zero-order chi connectivity index (χ0) is 8.36. The Hall–Kier alpha value is -0.0200. The van der Waals surface area contributed by atoms with Gasteiger partial charge in [0.1, 0.15) is 0 Å². The summed E-state index contributed by atoms with van der Waals surface area (Å²) in [5.74, 6) is 0. The average molecular weight is 161 g/mol. The van der Waals surface area contributed by atoms with E-state index in [1.165, 1.54) is 0 Å². The molecule has 0 aliphatic carbocycles. The zero-order valence-electron chi connectivity index (χ0n) is 6.72. The van der Waals surface area contributed by atoms with Crippen molar-refractivity contribution in [3.63, 3.8) is 0 Å². The minimum Gasteiger partial charge on any atom is -0.321 e. The lowest BCUT2D eigenvalue weighted by Gasteiger charge is -2.20. The molecule has 0 radical (unpaired) electrons. The lowest BCUT2D eigenvalue weighted by atomic mass is 9.89. The third-order valence-electron chi connectivity index (χ3n) is 1.15. The van der Waals surface area contributed by atoms with Gasteiger partial charge in [-0.2, -0.15) is 0 Å². The largest absolute Gasteiger partial charge is 0.321 e. The van der Waals surface area contributed by atoms with Crippen LogP contribution in [0.15, 0.2) is 0 Å². The second-order valence-electron chi connectivity index (χ2n) is 3.71. The molecule has 0 aliphatic heterocycles. The molecule has 0 saturated heterocycles. The van der Waals surface area contributed by atoms with E-state index in [0.717, 1.165) is 0 Å². The minimum absolute atomic E-state index is 0.109. The maximum Gasteiger partial charge on any atom is 0.202 e. The number of hydrogen-bond acceptors (Lipinski definition) is 2. The maximum absolute atomic E-state index is 10.6. The van der Waals surface area contributed by atoms with Crippen molar-refractivity contribution in [3.8, 4) is 0 Å².